The number of rotatable bonds is 6. The number of benzene rings is 1. The summed E-state index contributed by atoms with van der Waals surface area (Å²) in [6.07, 6.45) is 6.91. The summed E-state index contributed by atoms with van der Waals surface area (Å²) < 4.78 is 1.83. The summed E-state index contributed by atoms with van der Waals surface area (Å²) in [5, 5.41) is 4.17. The molecule has 0 spiro atoms. The monoisotopic (exact) mass is 431 g/mol. The zero-order valence-corrected chi connectivity index (χ0v) is 18.7. The van der Waals surface area contributed by atoms with Crippen LogP contribution in [0.15, 0.2) is 30.5 Å². The number of carbonyl (C=O) groups excluding carboxylic acids is 2. The Balaban J connectivity index is 1.45. The normalized spacial score (nSPS) is 16.3. The number of nitrogens with one attached hydrogen (secondary N) is 1. The molecule has 1 saturated carbocycles. The van der Waals surface area contributed by atoms with Gasteiger partial charge in [-0.1, -0.05) is 24.6 Å². The van der Waals surface area contributed by atoms with E-state index in [1.807, 2.05) is 47.8 Å². The molecule has 0 unspecified atom stereocenters. The number of nitrogens with zero attached hydrogens (tertiary/aromatic N) is 4. The number of carbonyl (C=O) groups is 2. The van der Waals surface area contributed by atoms with E-state index in [9.17, 15) is 9.59 Å². The first-order chi connectivity index (χ1) is 15.6. The van der Waals surface area contributed by atoms with Gasteiger partial charge in [0, 0.05) is 41.7 Å². The molecule has 0 atom stereocenters. The Bertz CT molecular complexity index is 1190. The Labute approximate surface area is 187 Å². The third-order valence-electron chi connectivity index (χ3n) is 6.81. The summed E-state index contributed by atoms with van der Waals surface area (Å²) in [7, 11) is 1.86. The van der Waals surface area contributed by atoms with Crippen LogP contribution in [0.1, 0.15) is 53.1 Å². The molecule has 0 radical (unpaired) electrons. The molecule has 7 heteroatoms. The van der Waals surface area contributed by atoms with Crippen LogP contribution in [0.5, 0.6) is 0 Å². The third-order valence-corrected chi connectivity index (χ3v) is 6.81. The van der Waals surface area contributed by atoms with Crippen molar-refractivity contribution in [2.45, 2.75) is 52.0 Å². The summed E-state index contributed by atoms with van der Waals surface area (Å²) in [5.41, 5.74) is 4.06. The fraction of sp³-hybridized carbons (Fsp3) is 0.440. The van der Waals surface area contributed by atoms with Crippen LogP contribution >= 0.6 is 0 Å². The van der Waals surface area contributed by atoms with Crippen molar-refractivity contribution in [3.63, 3.8) is 0 Å². The Kier molecular flexibility index (Phi) is 5.51. The Morgan fingerprint density at radius 2 is 2.00 bits per heavy atom. The van der Waals surface area contributed by atoms with Crippen molar-refractivity contribution in [3.8, 4) is 0 Å². The Morgan fingerprint density at radius 1 is 1.19 bits per heavy atom. The van der Waals surface area contributed by atoms with E-state index in [2.05, 4.69) is 16.4 Å². The number of amides is 1. The average molecular weight is 432 g/mol. The number of aryl methyl sites for hydroxylation is 1. The van der Waals surface area contributed by atoms with Crippen molar-refractivity contribution in [3.05, 3.63) is 53.1 Å². The molecule has 166 valence electrons. The summed E-state index contributed by atoms with van der Waals surface area (Å²) >= 11 is 0. The summed E-state index contributed by atoms with van der Waals surface area (Å²) in [6, 6.07) is 8.06. The molecule has 3 aromatic rings. The van der Waals surface area contributed by atoms with Crippen LogP contribution in [0.2, 0.25) is 0 Å². The first kappa shape index (κ1) is 20.8. The minimum absolute atomic E-state index is 0.0975. The fourth-order valence-electron chi connectivity index (χ4n) is 4.82. The van der Waals surface area contributed by atoms with Gasteiger partial charge in [0.05, 0.1) is 12.1 Å². The maximum atomic E-state index is 13.0. The van der Waals surface area contributed by atoms with Crippen molar-refractivity contribution in [1.29, 1.82) is 0 Å². The van der Waals surface area contributed by atoms with Crippen molar-refractivity contribution in [2.24, 2.45) is 5.92 Å². The van der Waals surface area contributed by atoms with E-state index >= 15 is 0 Å². The molecular weight excluding hydrogens is 402 g/mol. The summed E-state index contributed by atoms with van der Waals surface area (Å²) in [4.78, 5) is 37.0. The zero-order chi connectivity index (χ0) is 22.2. The molecule has 1 fully saturated rings. The van der Waals surface area contributed by atoms with Gasteiger partial charge in [0.1, 0.15) is 11.6 Å². The van der Waals surface area contributed by atoms with Gasteiger partial charge in [-0.2, -0.15) is 0 Å². The molecule has 5 rings (SSSR count). The highest BCUT2D eigenvalue weighted by Gasteiger charge is 2.30. The van der Waals surface area contributed by atoms with Gasteiger partial charge in [0.2, 0.25) is 11.8 Å². The number of hydrogen-bond acceptors (Lipinski definition) is 5. The van der Waals surface area contributed by atoms with E-state index < -0.39 is 0 Å². The lowest BCUT2D eigenvalue weighted by Gasteiger charge is -2.29. The lowest BCUT2D eigenvalue weighted by atomic mass is 9.85. The fourth-order valence-corrected chi connectivity index (χ4v) is 4.82. The molecule has 1 amide bonds. The van der Waals surface area contributed by atoms with Crippen molar-refractivity contribution >= 4 is 28.5 Å². The molecular formula is C25H29N5O2. The third kappa shape index (κ3) is 3.60. The van der Waals surface area contributed by atoms with Crippen molar-refractivity contribution in [1.82, 2.24) is 19.9 Å². The molecule has 1 aromatic carbocycles. The maximum Gasteiger partial charge on any atom is 0.234 e. The molecule has 1 N–H and O–H groups in total. The number of aromatic nitrogens is 3. The lowest BCUT2D eigenvalue weighted by molar-refractivity contribution is -0.118. The van der Waals surface area contributed by atoms with Crippen LogP contribution in [0, 0.1) is 12.8 Å². The quantitative estimate of drug-likeness (QED) is 0.647. The van der Waals surface area contributed by atoms with Crippen LogP contribution in [-0.4, -0.2) is 39.9 Å². The first-order valence-electron chi connectivity index (χ1n) is 11.5. The van der Waals surface area contributed by atoms with Crippen LogP contribution in [0.25, 0.3) is 10.9 Å². The minimum Gasteiger partial charge on any atom is -0.313 e. The van der Waals surface area contributed by atoms with Gasteiger partial charge in [-0.25, -0.2) is 9.97 Å². The molecule has 32 heavy (non-hydrogen) atoms. The number of hydrogen-bond donors (Lipinski definition) is 1. The standard InChI is InChI=1S/C25H29N5O2/c1-16-19-10-11-23(31)29(24(19)28-22(27-16)14-26-2)13-12-18-15-30(25(32)17-6-5-7-17)21-9-4-3-8-20(18)21/h3-4,8-9,15,17,26H,5-7,10-14H2,1-2H3. The van der Waals surface area contributed by atoms with Gasteiger partial charge in [-0.3, -0.25) is 19.1 Å². The van der Waals surface area contributed by atoms with Crippen LogP contribution in [0.3, 0.4) is 0 Å². The second-order valence-corrected chi connectivity index (χ2v) is 8.86. The number of para-hydroxylation sites is 1. The average Bonchev–Trinajstić information content (AvgIpc) is 3.11. The SMILES string of the molecule is CNCc1nc(C)c2c(n1)N(CCc1cn(C(=O)C3CCC3)c3ccccc13)C(=O)CC2. The van der Waals surface area contributed by atoms with Gasteiger partial charge in [0.25, 0.3) is 0 Å². The maximum absolute atomic E-state index is 13.0. The molecule has 1 aliphatic carbocycles. The van der Waals surface area contributed by atoms with Gasteiger partial charge < -0.3 is 5.32 Å². The second-order valence-electron chi connectivity index (χ2n) is 8.86. The topological polar surface area (TPSA) is 80.1 Å². The lowest BCUT2D eigenvalue weighted by Crippen LogP contribution is -2.38. The number of fused-ring (bicyclic) bond motifs is 2. The molecule has 2 aliphatic rings. The molecule has 0 bridgehead atoms. The van der Waals surface area contributed by atoms with E-state index in [1.165, 1.54) is 0 Å². The summed E-state index contributed by atoms with van der Waals surface area (Å²) in [5.74, 6) is 1.87. The first-order valence-corrected chi connectivity index (χ1v) is 11.5. The predicted octanol–water partition coefficient (Wildman–Crippen LogP) is 3.42. The van der Waals surface area contributed by atoms with Gasteiger partial charge in [-0.05, 0) is 51.3 Å². The van der Waals surface area contributed by atoms with E-state index in [0.717, 1.165) is 52.8 Å². The van der Waals surface area contributed by atoms with E-state index in [0.29, 0.717) is 38.2 Å². The second kappa shape index (κ2) is 8.47. The van der Waals surface area contributed by atoms with E-state index in [4.69, 9.17) is 4.98 Å². The molecule has 0 saturated heterocycles. The summed E-state index contributed by atoms with van der Waals surface area (Å²) in [6.45, 7) is 3.09. The number of anilines is 1. The van der Waals surface area contributed by atoms with Crippen LogP contribution < -0.4 is 10.2 Å². The molecule has 1 aliphatic heterocycles. The van der Waals surface area contributed by atoms with Crippen molar-refractivity contribution < 1.29 is 9.59 Å². The highest BCUT2D eigenvalue weighted by molar-refractivity contribution is 5.97. The molecule has 2 aromatic heterocycles. The Hall–Kier alpha value is -3.06. The van der Waals surface area contributed by atoms with Crippen LogP contribution in [-0.2, 0) is 24.2 Å². The van der Waals surface area contributed by atoms with Gasteiger partial charge in [0.15, 0.2) is 0 Å². The van der Waals surface area contributed by atoms with E-state index in [1.54, 1.807) is 0 Å². The zero-order valence-electron chi connectivity index (χ0n) is 18.7. The smallest absolute Gasteiger partial charge is 0.234 e. The Morgan fingerprint density at radius 3 is 2.75 bits per heavy atom. The van der Waals surface area contributed by atoms with Crippen LogP contribution in [0.4, 0.5) is 5.82 Å². The minimum atomic E-state index is 0.0975. The van der Waals surface area contributed by atoms with Gasteiger partial charge in [-0.15, -0.1) is 0 Å². The molecule has 7 nitrogen and oxygen atoms in total. The predicted molar refractivity (Wildman–Crippen MR) is 124 cm³/mol. The van der Waals surface area contributed by atoms with Gasteiger partial charge >= 0.3 is 0 Å². The van der Waals surface area contributed by atoms with E-state index in [-0.39, 0.29) is 17.7 Å². The van der Waals surface area contributed by atoms with Crippen molar-refractivity contribution in [2.75, 3.05) is 18.5 Å². The molecule has 3 heterocycles. The highest BCUT2D eigenvalue weighted by Crippen LogP contribution is 2.32. The highest BCUT2D eigenvalue weighted by atomic mass is 16.2. The largest absolute Gasteiger partial charge is 0.313 e.